The van der Waals surface area contributed by atoms with Crippen LogP contribution in [0.2, 0.25) is 0 Å². The summed E-state index contributed by atoms with van der Waals surface area (Å²) >= 11 is 0. The second kappa shape index (κ2) is 8.26. The van der Waals surface area contributed by atoms with E-state index < -0.39 is 11.9 Å². The van der Waals surface area contributed by atoms with E-state index in [1.54, 1.807) is 6.92 Å². The van der Waals surface area contributed by atoms with Gasteiger partial charge in [-0.2, -0.15) is 0 Å². The molecule has 0 saturated heterocycles. The molecule has 0 heterocycles. The summed E-state index contributed by atoms with van der Waals surface area (Å²) in [5.41, 5.74) is 4.91. The number of carbonyl (C=O) groups excluding carboxylic acids is 2. The smallest absolute Gasteiger partial charge is 0.337 e. The van der Waals surface area contributed by atoms with E-state index in [0.717, 1.165) is 12.3 Å². The minimum atomic E-state index is -0.481. The maximum atomic E-state index is 10.3. The van der Waals surface area contributed by atoms with Crippen LogP contribution in [0.15, 0.2) is 37.6 Å². The third-order valence-corrected chi connectivity index (χ3v) is 0.740. The SMILES string of the molecule is C=CC(N)=O.C=COC(=O)C(=C)C. The molecule has 0 aromatic heterocycles. The van der Waals surface area contributed by atoms with Gasteiger partial charge in [0.1, 0.15) is 0 Å². The fourth-order valence-corrected chi connectivity index (χ4v) is 0.176. The largest absolute Gasteiger partial charge is 0.432 e. The molecule has 0 aromatic carbocycles. The summed E-state index contributed by atoms with van der Waals surface area (Å²) in [6.07, 6.45) is 2.14. The van der Waals surface area contributed by atoms with Crippen molar-refractivity contribution in [2.24, 2.45) is 5.73 Å². The standard InChI is InChI=1S/C6H8O2.C3H5NO/c1-4-8-6(7)5(2)3;1-2-3(4)5/h4H,1-2H2,3H3;2H,1H2,(H2,4,5). The Hall–Kier alpha value is -1.84. The molecule has 4 heteroatoms. The molecule has 0 aliphatic heterocycles. The van der Waals surface area contributed by atoms with E-state index >= 15 is 0 Å². The number of primary amides is 1. The third kappa shape index (κ3) is 13.2. The molecule has 0 bridgehead atoms. The van der Waals surface area contributed by atoms with Crippen LogP contribution in [0.25, 0.3) is 0 Å². The first-order valence-electron chi connectivity index (χ1n) is 3.35. The minimum Gasteiger partial charge on any atom is -0.432 e. The maximum Gasteiger partial charge on any atom is 0.337 e. The van der Waals surface area contributed by atoms with Crippen molar-refractivity contribution in [3.8, 4) is 0 Å². The summed E-state index contributed by atoms with van der Waals surface area (Å²) in [5, 5.41) is 0. The topological polar surface area (TPSA) is 69.4 Å². The lowest BCUT2D eigenvalue weighted by Gasteiger charge is -1.92. The van der Waals surface area contributed by atoms with Gasteiger partial charge in [-0.3, -0.25) is 4.79 Å². The fraction of sp³-hybridized carbons (Fsp3) is 0.111. The monoisotopic (exact) mass is 183 g/mol. The number of hydrogen-bond donors (Lipinski definition) is 1. The normalized spacial score (nSPS) is 7.15. The zero-order chi connectivity index (χ0) is 10.9. The highest BCUT2D eigenvalue weighted by Gasteiger charge is 1.97. The number of hydrogen-bond acceptors (Lipinski definition) is 3. The fourth-order valence-electron chi connectivity index (χ4n) is 0.176. The Balaban J connectivity index is 0. The Bertz CT molecular complexity index is 231. The van der Waals surface area contributed by atoms with Gasteiger partial charge in [0.05, 0.1) is 6.26 Å². The van der Waals surface area contributed by atoms with Gasteiger partial charge in [0.2, 0.25) is 5.91 Å². The number of carbonyl (C=O) groups is 2. The average Bonchev–Trinajstić information content (AvgIpc) is 2.06. The van der Waals surface area contributed by atoms with E-state index in [1.807, 2.05) is 0 Å². The summed E-state index contributed by atoms with van der Waals surface area (Å²) in [7, 11) is 0. The second-order valence-corrected chi connectivity index (χ2v) is 1.96. The molecule has 0 aliphatic rings. The highest BCUT2D eigenvalue weighted by Crippen LogP contribution is 1.90. The molecule has 0 aromatic rings. The van der Waals surface area contributed by atoms with Gasteiger partial charge >= 0.3 is 5.97 Å². The second-order valence-electron chi connectivity index (χ2n) is 1.96. The Labute approximate surface area is 77.4 Å². The molecule has 72 valence electrons. The molecule has 0 unspecified atom stereocenters. The van der Waals surface area contributed by atoms with E-state index in [0.29, 0.717) is 5.57 Å². The van der Waals surface area contributed by atoms with Crippen molar-refractivity contribution in [2.45, 2.75) is 6.92 Å². The van der Waals surface area contributed by atoms with Gasteiger partial charge in [-0.05, 0) is 13.0 Å². The Morgan fingerprint density at radius 2 is 1.77 bits per heavy atom. The molecule has 1 amide bonds. The maximum absolute atomic E-state index is 10.3. The average molecular weight is 183 g/mol. The van der Waals surface area contributed by atoms with Crippen LogP contribution in [-0.4, -0.2) is 11.9 Å². The third-order valence-electron chi connectivity index (χ3n) is 0.740. The Morgan fingerprint density at radius 3 is 1.85 bits per heavy atom. The Kier molecular flexibility index (Phi) is 8.72. The zero-order valence-electron chi connectivity index (χ0n) is 7.58. The van der Waals surface area contributed by atoms with Crippen LogP contribution < -0.4 is 5.73 Å². The molecule has 0 spiro atoms. The lowest BCUT2D eigenvalue weighted by Crippen LogP contribution is -2.04. The van der Waals surface area contributed by atoms with Crippen LogP contribution >= 0.6 is 0 Å². The lowest BCUT2D eigenvalue weighted by atomic mass is 10.4. The molecule has 0 rings (SSSR count). The number of esters is 1. The van der Waals surface area contributed by atoms with Crippen molar-refractivity contribution < 1.29 is 14.3 Å². The summed E-state index contributed by atoms with van der Waals surface area (Å²) in [6.45, 7) is 11.2. The van der Waals surface area contributed by atoms with Crippen LogP contribution in [0.5, 0.6) is 0 Å². The van der Waals surface area contributed by atoms with Crippen molar-refractivity contribution in [2.75, 3.05) is 0 Å². The van der Waals surface area contributed by atoms with Gasteiger partial charge in [-0.15, -0.1) is 0 Å². The van der Waals surface area contributed by atoms with Gasteiger partial charge in [0.15, 0.2) is 0 Å². The van der Waals surface area contributed by atoms with Crippen molar-refractivity contribution in [3.63, 3.8) is 0 Å². The molecule has 0 radical (unpaired) electrons. The molecule has 2 N–H and O–H groups in total. The summed E-state index contributed by atoms with van der Waals surface area (Å²) in [5.74, 6) is -0.912. The molecule has 4 nitrogen and oxygen atoms in total. The molecule has 0 saturated carbocycles. The van der Waals surface area contributed by atoms with Crippen LogP contribution in [-0.2, 0) is 14.3 Å². The Morgan fingerprint density at radius 1 is 1.38 bits per heavy atom. The number of amides is 1. The molecule has 0 aliphatic carbocycles. The molecule has 0 fully saturated rings. The summed E-state index contributed by atoms with van der Waals surface area (Å²) in [4.78, 5) is 19.8. The van der Waals surface area contributed by atoms with Crippen molar-refractivity contribution in [1.82, 2.24) is 0 Å². The first kappa shape index (κ1) is 13.7. The minimum absolute atomic E-state index is 0.380. The van der Waals surface area contributed by atoms with Gasteiger partial charge in [0.25, 0.3) is 0 Å². The highest BCUT2D eigenvalue weighted by atomic mass is 16.5. The van der Waals surface area contributed by atoms with E-state index in [9.17, 15) is 9.59 Å². The van der Waals surface area contributed by atoms with E-state index in [4.69, 9.17) is 0 Å². The predicted octanol–water partition coefficient (Wildman–Crippen LogP) is 0.907. The van der Waals surface area contributed by atoms with Crippen molar-refractivity contribution >= 4 is 11.9 Å². The van der Waals surface area contributed by atoms with Gasteiger partial charge in [0, 0.05) is 5.57 Å². The number of rotatable bonds is 3. The number of nitrogens with two attached hydrogens (primary N) is 1. The van der Waals surface area contributed by atoms with E-state index in [-0.39, 0.29) is 0 Å². The van der Waals surface area contributed by atoms with Crippen molar-refractivity contribution in [1.29, 1.82) is 0 Å². The molecular weight excluding hydrogens is 170 g/mol. The molecular formula is C9H13NO3. The van der Waals surface area contributed by atoms with Gasteiger partial charge in [-0.25, -0.2) is 4.79 Å². The zero-order valence-corrected chi connectivity index (χ0v) is 7.58. The van der Waals surface area contributed by atoms with Crippen molar-refractivity contribution in [3.05, 3.63) is 37.6 Å². The predicted molar refractivity (Wildman–Crippen MR) is 50.5 cm³/mol. The van der Waals surface area contributed by atoms with E-state index in [2.05, 4.69) is 30.2 Å². The highest BCUT2D eigenvalue weighted by molar-refractivity contribution is 5.87. The first-order chi connectivity index (χ1) is 5.95. The van der Waals surface area contributed by atoms with Crippen LogP contribution in [0.1, 0.15) is 6.92 Å². The first-order valence-corrected chi connectivity index (χ1v) is 3.35. The summed E-state index contributed by atoms with van der Waals surface area (Å²) in [6, 6.07) is 0. The molecule has 0 atom stereocenters. The van der Waals surface area contributed by atoms with Crippen LogP contribution in [0.3, 0.4) is 0 Å². The molecule has 13 heavy (non-hydrogen) atoms. The summed E-state index contributed by atoms with van der Waals surface area (Å²) < 4.78 is 4.33. The van der Waals surface area contributed by atoms with Gasteiger partial charge < -0.3 is 10.5 Å². The van der Waals surface area contributed by atoms with Gasteiger partial charge in [-0.1, -0.05) is 19.7 Å². The number of ether oxygens (including phenoxy) is 1. The van der Waals surface area contributed by atoms with Crippen LogP contribution in [0, 0.1) is 0 Å². The lowest BCUT2D eigenvalue weighted by molar-refractivity contribution is -0.133. The quantitative estimate of drug-likeness (QED) is 0.401. The van der Waals surface area contributed by atoms with E-state index in [1.165, 1.54) is 0 Å². The van der Waals surface area contributed by atoms with Crippen LogP contribution in [0.4, 0.5) is 0 Å².